The van der Waals surface area contributed by atoms with Gasteiger partial charge in [-0.1, -0.05) is 66.2 Å². The van der Waals surface area contributed by atoms with Gasteiger partial charge in [0.25, 0.3) is 5.91 Å². The number of carbonyl (C=O) groups excluding carboxylic acids is 1. The van der Waals surface area contributed by atoms with Crippen molar-refractivity contribution in [3.05, 3.63) is 108 Å². The second-order valence-corrected chi connectivity index (χ2v) is 6.64. The Hall–Kier alpha value is -3.99. The first-order valence-corrected chi connectivity index (χ1v) is 9.31. The number of carbonyl (C=O) groups is 1. The molecule has 5 nitrogen and oxygen atoms in total. The Bertz CT molecular complexity index is 1130. The molecule has 0 unspecified atom stereocenters. The lowest BCUT2D eigenvalue weighted by Crippen LogP contribution is -2.17. The van der Waals surface area contributed by atoms with Crippen LogP contribution in [0.2, 0.25) is 0 Å². The molecule has 142 valence electrons. The van der Waals surface area contributed by atoms with Crippen LogP contribution in [0.25, 0.3) is 16.9 Å². The van der Waals surface area contributed by atoms with Crippen LogP contribution < -0.4 is 5.43 Å². The van der Waals surface area contributed by atoms with E-state index in [9.17, 15) is 4.79 Å². The molecule has 0 bridgehead atoms. The molecule has 0 radical (unpaired) electrons. The molecule has 1 aromatic heterocycles. The van der Waals surface area contributed by atoms with Gasteiger partial charge in [0.1, 0.15) is 5.69 Å². The van der Waals surface area contributed by atoms with Gasteiger partial charge in [0.05, 0.1) is 11.9 Å². The molecule has 0 saturated heterocycles. The zero-order chi connectivity index (χ0) is 20.1. The third kappa shape index (κ3) is 4.30. The van der Waals surface area contributed by atoms with Crippen LogP contribution in [0.1, 0.15) is 21.5 Å². The highest BCUT2D eigenvalue weighted by molar-refractivity contribution is 5.95. The van der Waals surface area contributed by atoms with Gasteiger partial charge in [-0.05, 0) is 31.2 Å². The summed E-state index contributed by atoms with van der Waals surface area (Å²) in [5.41, 5.74) is 7.87. The first kappa shape index (κ1) is 18.4. The van der Waals surface area contributed by atoms with Crippen molar-refractivity contribution in [2.24, 2.45) is 5.10 Å². The minimum Gasteiger partial charge on any atom is -0.267 e. The van der Waals surface area contributed by atoms with Crippen molar-refractivity contribution in [2.75, 3.05) is 0 Å². The summed E-state index contributed by atoms with van der Waals surface area (Å²) < 4.78 is 1.82. The predicted octanol–water partition coefficient (Wildman–Crippen LogP) is 4.61. The number of para-hydroxylation sites is 1. The average Bonchev–Trinajstić information content (AvgIpc) is 3.19. The first-order valence-electron chi connectivity index (χ1n) is 9.31. The van der Waals surface area contributed by atoms with E-state index in [1.807, 2.05) is 78.5 Å². The number of hydrogen-bond donors (Lipinski definition) is 1. The molecule has 0 atom stereocenters. The highest BCUT2D eigenvalue weighted by Gasteiger charge is 2.11. The van der Waals surface area contributed by atoms with Gasteiger partial charge in [0.15, 0.2) is 0 Å². The SMILES string of the molecule is Cc1ccc(-c2nn(-c3ccccc3)cc2/C=N\NC(=O)c2ccccc2)cc1. The molecule has 29 heavy (non-hydrogen) atoms. The quantitative estimate of drug-likeness (QED) is 0.406. The number of aryl methyl sites for hydroxylation is 1. The van der Waals surface area contributed by atoms with E-state index < -0.39 is 0 Å². The maximum Gasteiger partial charge on any atom is 0.271 e. The maximum atomic E-state index is 12.2. The van der Waals surface area contributed by atoms with Crippen LogP contribution >= 0.6 is 0 Å². The standard InChI is InChI=1S/C24H20N4O/c1-18-12-14-19(15-13-18)23-21(17-28(27-23)22-10-6-3-7-11-22)16-25-26-24(29)20-8-4-2-5-9-20/h2-17H,1H3,(H,26,29)/b25-16-. The molecule has 3 aromatic carbocycles. The number of hydrazone groups is 1. The monoisotopic (exact) mass is 380 g/mol. The molecule has 0 aliphatic heterocycles. The summed E-state index contributed by atoms with van der Waals surface area (Å²) in [7, 11) is 0. The van der Waals surface area contributed by atoms with E-state index >= 15 is 0 Å². The van der Waals surface area contributed by atoms with E-state index in [1.165, 1.54) is 5.56 Å². The highest BCUT2D eigenvalue weighted by atomic mass is 16.2. The topological polar surface area (TPSA) is 59.3 Å². The Balaban J connectivity index is 1.64. The second kappa shape index (κ2) is 8.35. The van der Waals surface area contributed by atoms with E-state index in [1.54, 1.807) is 18.3 Å². The zero-order valence-electron chi connectivity index (χ0n) is 16.0. The average molecular weight is 380 g/mol. The number of aromatic nitrogens is 2. The van der Waals surface area contributed by atoms with E-state index in [-0.39, 0.29) is 5.91 Å². The van der Waals surface area contributed by atoms with Crippen molar-refractivity contribution in [2.45, 2.75) is 6.92 Å². The molecule has 1 N–H and O–H groups in total. The molecule has 0 fully saturated rings. The Morgan fingerprint density at radius 1 is 0.931 bits per heavy atom. The molecular weight excluding hydrogens is 360 g/mol. The van der Waals surface area contributed by atoms with Crippen LogP contribution in [0, 0.1) is 6.92 Å². The van der Waals surface area contributed by atoms with Gasteiger partial charge in [0.2, 0.25) is 0 Å². The van der Waals surface area contributed by atoms with Crippen molar-refractivity contribution < 1.29 is 4.79 Å². The van der Waals surface area contributed by atoms with Gasteiger partial charge in [-0.3, -0.25) is 4.79 Å². The van der Waals surface area contributed by atoms with E-state index in [4.69, 9.17) is 5.10 Å². The summed E-state index contributed by atoms with van der Waals surface area (Å²) >= 11 is 0. The zero-order valence-corrected chi connectivity index (χ0v) is 16.0. The minimum atomic E-state index is -0.255. The van der Waals surface area contributed by atoms with Gasteiger partial charge in [-0.2, -0.15) is 10.2 Å². The number of nitrogens with one attached hydrogen (secondary N) is 1. The Labute approximate surface area is 169 Å². The molecule has 4 rings (SSSR count). The lowest BCUT2D eigenvalue weighted by molar-refractivity contribution is 0.0955. The van der Waals surface area contributed by atoms with Gasteiger partial charge in [0, 0.05) is 22.9 Å². The minimum absolute atomic E-state index is 0.255. The predicted molar refractivity (Wildman–Crippen MR) is 115 cm³/mol. The fraction of sp³-hybridized carbons (Fsp3) is 0.0417. The van der Waals surface area contributed by atoms with Crippen LogP contribution in [-0.2, 0) is 0 Å². The summed E-state index contributed by atoms with van der Waals surface area (Å²) in [6.07, 6.45) is 3.53. The lowest BCUT2D eigenvalue weighted by atomic mass is 10.1. The number of amides is 1. The fourth-order valence-electron chi connectivity index (χ4n) is 2.95. The summed E-state index contributed by atoms with van der Waals surface area (Å²) in [5.74, 6) is -0.255. The Kier molecular flexibility index (Phi) is 5.29. The van der Waals surface area contributed by atoms with Crippen molar-refractivity contribution >= 4 is 12.1 Å². The van der Waals surface area contributed by atoms with Crippen LogP contribution in [0.15, 0.2) is 96.2 Å². The third-order valence-corrected chi connectivity index (χ3v) is 4.49. The molecule has 1 amide bonds. The smallest absolute Gasteiger partial charge is 0.267 e. The summed E-state index contributed by atoms with van der Waals surface area (Å²) in [4.78, 5) is 12.2. The molecule has 0 saturated carbocycles. The summed E-state index contributed by atoms with van der Waals surface area (Å²) in [6.45, 7) is 2.05. The molecule has 4 aromatic rings. The summed E-state index contributed by atoms with van der Waals surface area (Å²) in [6, 6.07) is 27.0. The number of nitrogens with zero attached hydrogens (tertiary/aromatic N) is 3. The Morgan fingerprint density at radius 2 is 1.59 bits per heavy atom. The van der Waals surface area contributed by atoms with Gasteiger partial charge in [-0.25, -0.2) is 10.1 Å². The Morgan fingerprint density at radius 3 is 2.28 bits per heavy atom. The van der Waals surface area contributed by atoms with Gasteiger partial charge in [-0.15, -0.1) is 0 Å². The largest absolute Gasteiger partial charge is 0.271 e. The first-order chi connectivity index (χ1) is 14.2. The number of hydrogen-bond acceptors (Lipinski definition) is 3. The van der Waals surface area contributed by atoms with Crippen LogP contribution in [0.5, 0.6) is 0 Å². The fourth-order valence-corrected chi connectivity index (χ4v) is 2.95. The molecule has 5 heteroatoms. The third-order valence-electron chi connectivity index (χ3n) is 4.49. The number of benzene rings is 3. The van der Waals surface area contributed by atoms with Crippen molar-refractivity contribution in [3.8, 4) is 16.9 Å². The normalized spacial score (nSPS) is 10.9. The van der Waals surface area contributed by atoms with E-state index in [0.29, 0.717) is 5.56 Å². The number of rotatable bonds is 5. The van der Waals surface area contributed by atoms with Crippen molar-refractivity contribution in [1.82, 2.24) is 15.2 Å². The van der Waals surface area contributed by atoms with Crippen molar-refractivity contribution in [3.63, 3.8) is 0 Å². The van der Waals surface area contributed by atoms with E-state index in [2.05, 4.69) is 22.7 Å². The molecular formula is C24H20N4O. The van der Waals surface area contributed by atoms with E-state index in [0.717, 1.165) is 22.5 Å². The maximum absolute atomic E-state index is 12.2. The second-order valence-electron chi connectivity index (χ2n) is 6.64. The van der Waals surface area contributed by atoms with Crippen LogP contribution in [0.4, 0.5) is 0 Å². The molecule has 0 spiro atoms. The molecule has 0 aliphatic carbocycles. The van der Waals surface area contributed by atoms with Gasteiger partial charge < -0.3 is 0 Å². The van der Waals surface area contributed by atoms with Crippen molar-refractivity contribution in [1.29, 1.82) is 0 Å². The highest BCUT2D eigenvalue weighted by Crippen LogP contribution is 2.23. The van der Waals surface area contributed by atoms with Crippen LogP contribution in [-0.4, -0.2) is 21.9 Å². The lowest BCUT2D eigenvalue weighted by Gasteiger charge is -2.01. The van der Waals surface area contributed by atoms with Gasteiger partial charge >= 0.3 is 0 Å². The summed E-state index contributed by atoms with van der Waals surface area (Å²) in [5, 5.41) is 8.90. The molecule has 0 aliphatic rings. The molecule has 1 heterocycles. The van der Waals surface area contributed by atoms with Crippen LogP contribution in [0.3, 0.4) is 0 Å².